The molecule has 0 saturated heterocycles. The number of hydrogen-bond donors (Lipinski definition) is 0. The molecule has 0 N–H and O–H groups in total. The predicted octanol–water partition coefficient (Wildman–Crippen LogP) is 1.83. The van der Waals surface area contributed by atoms with Crippen LogP contribution in [0.1, 0.15) is 12.7 Å². The summed E-state index contributed by atoms with van der Waals surface area (Å²) in [6.45, 7) is 5.13. The van der Waals surface area contributed by atoms with E-state index in [4.69, 9.17) is 4.42 Å². The van der Waals surface area contributed by atoms with E-state index in [-0.39, 0.29) is 5.78 Å². The maximum Gasteiger partial charge on any atom is 0.181 e. The second kappa shape index (κ2) is 3.67. The molecule has 1 aromatic heterocycles. The highest BCUT2D eigenvalue weighted by molar-refractivity contribution is 6.03. The summed E-state index contributed by atoms with van der Waals surface area (Å²) in [5.41, 5.74) is 0.748. The summed E-state index contributed by atoms with van der Waals surface area (Å²) in [6, 6.07) is 0. The minimum Gasteiger partial charge on any atom is -0.444 e. The second-order valence-electron chi connectivity index (χ2n) is 2.30. The molecule has 0 saturated carbocycles. The maximum absolute atomic E-state index is 10.9. The Hall–Kier alpha value is -1.64. The van der Waals surface area contributed by atoms with Gasteiger partial charge in [0.2, 0.25) is 0 Å². The number of rotatable bonds is 3. The number of aromatic nitrogens is 1. The van der Waals surface area contributed by atoms with Crippen LogP contribution in [0.5, 0.6) is 0 Å². The summed E-state index contributed by atoms with van der Waals surface area (Å²) < 4.78 is 4.97. The van der Waals surface area contributed by atoms with E-state index in [9.17, 15) is 4.79 Å². The van der Waals surface area contributed by atoms with Gasteiger partial charge in [-0.2, -0.15) is 0 Å². The molecule has 3 heteroatoms. The van der Waals surface area contributed by atoms with Gasteiger partial charge in [0.15, 0.2) is 12.2 Å². The second-order valence-corrected chi connectivity index (χ2v) is 2.30. The van der Waals surface area contributed by atoms with Gasteiger partial charge in [-0.15, -0.1) is 0 Å². The lowest BCUT2D eigenvalue weighted by Crippen LogP contribution is -1.86. The maximum atomic E-state index is 10.9. The van der Waals surface area contributed by atoms with Crippen molar-refractivity contribution in [3.05, 3.63) is 37.1 Å². The van der Waals surface area contributed by atoms with Crippen molar-refractivity contribution in [2.24, 2.45) is 0 Å². The number of oxazole rings is 1. The molecule has 62 valence electrons. The van der Waals surface area contributed by atoms with Crippen LogP contribution in [0.2, 0.25) is 0 Å². The average molecular weight is 163 g/mol. The zero-order chi connectivity index (χ0) is 8.97. The molecule has 3 nitrogen and oxygen atoms in total. The molecule has 12 heavy (non-hydrogen) atoms. The lowest BCUT2D eigenvalue weighted by atomic mass is 10.2. The molecule has 1 heterocycles. The van der Waals surface area contributed by atoms with Gasteiger partial charge in [0, 0.05) is 0 Å². The molecule has 0 fully saturated rings. The van der Waals surface area contributed by atoms with Gasteiger partial charge in [-0.25, -0.2) is 4.98 Å². The van der Waals surface area contributed by atoms with Crippen molar-refractivity contribution in [3.63, 3.8) is 0 Å². The first-order valence-electron chi connectivity index (χ1n) is 3.47. The van der Waals surface area contributed by atoms with Crippen LogP contribution in [-0.2, 0) is 4.79 Å². The fourth-order valence-corrected chi connectivity index (χ4v) is 0.754. The van der Waals surface area contributed by atoms with Crippen molar-refractivity contribution < 1.29 is 9.21 Å². The monoisotopic (exact) mass is 163 g/mol. The summed E-state index contributed by atoms with van der Waals surface area (Å²) in [5, 5.41) is 0. The Morgan fingerprint density at radius 3 is 3.00 bits per heavy atom. The molecule has 0 aliphatic rings. The molecule has 0 aromatic carbocycles. The van der Waals surface area contributed by atoms with Gasteiger partial charge in [-0.05, 0) is 24.6 Å². The van der Waals surface area contributed by atoms with Crippen molar-refractivity contribution in [3.8, 4) is 0 Å². The van der Waals surface area contributed by atoms with Crippen molar-refractivity contribution >= 4 is 11.4 Å². The van der Waals surface area contributed by atoms with Crippen LogP contribution in [0.15, 0.2) is 35.7 Å². The van der Waals surface area contributed by atoms with Crippen LogP contribution in [0.3, 0.4) is 0 Å². The first kappa shape index (κ1) is 8.46. The van der Waals surface area contributed by atoms with Gasteiger partial charge in [-0.1, -0.05) is 6.58 Å². The molecule has 0 radical (unpaired) electrons. The average Bonchev–Trinajstić information content (AvgIpc) is 2.56. The molecule has 0 amide bonds. The van der Waals surface area contributed by atoms with Gasteiger partial charge in [0.1, 0.15) is 5.76 Å². The van der Waals surface area contributed by atoms with Gasteiger partial charge >= 0.3 is 0 Å². The van der Waals surface area contributed by atoms with Crippen LogP contribution >= 0.6 is 0 Å². The van der Waals surface area contributed by atoms with Crippen LogP contribution in [0.25, 0.3) is 5.57 Å². The summed E-state index contributed by atoms with van der Waals surface area (Å²) in [7, 11) is 0. The van der Waals surface area contributed by atoms with E-state index < -0.39 is 0 Å². The molecule has 0 bridgehead atoms. The van der Waals surface area contributed by atoms with E-state index in [1.54, 1.807) is 13.1 Å². The zero-order valence-corrected chi connectivity index (χ0v) is 6.78. The van der Waals surface area contributed by atoms with Gasteiger partial charge < -0.3 is 4.42 Å². The Morgan fingerprint density at radius 1 is 1.75 bits per heavy atom. The van der Waals surface area contributed by atoms with Crippen LogP contribution < -0.4 is 0 Å². The fourth-order valence-electron chi connectivity index (χ4n) is 0.754. The molecule has 1 aromatic rings. The van der Waals surface area contributed by atoms with Crippen molar-refractivity contribution in [2.45, 2.75) is 6.92 Å². The number of carbonyl (C=O) groups excluding carboxylic acids is 1. The third-order valence-electron chi connectivity index (χ3n) is 1.38. The number of ketones is 1. The molecule has 0 aliphatic heterocycles. The molecule has 0 atom stereocenters. The highest BCUT2D eigenvalue weighted by Crippen LogP contribution is 2.11. The minimum atomic E-state index is -0.135. The quantitative estimate of drug-likeness (QED) is 0.638. The fraction of sp³-hybridized carbons (Fsp3) is 0.111. The Balaban J connectivity index is 2.84. The van der Waals surface area contributed by atoms with E-state index in [2.05, 4.69) is 11.6 Å². The van der Waals surface area contributed by atoms with Crippen molar-refractivity contribution in [1.29, 1.82) is 0 Å². The van der Waals surface area contributed by atoms with Crippen molar-refractivity contribution in [2.75, 3.05) is 0 Å². The normalized spacial score (nSPS) is 11.2. The Labute approximate surface area is 70.4 Å². The van der Waals surface area contributed by atoms with Gasteiger partial charge in [0.05, 0.1) is 6.20 Å². The molecule has 0 aliphatic carbocycles. The highest BCUT2D eigenvalue weighted by Gasteiger charge is 1.99. The lowest BCUT2D eigenvalue weighted by molar-refractivity contribution is -0.110. The SMILES string of the molecule is C=CC(=O)/C=C(\C)c1cnco1. The first-order valence-corrected chi connectivity index (χ1v) is 3.47. The van der Waals surface area contributed by atoms with Crippen LogP contribution in [0, 0.1) is 0 Å². The van der Waals surface area contributed by atoms with Crippen molar-refractivity contribution in [1.82, 2.24) is 4.98 Å². The number of carbonyl (C=O) groups is 1. The van der Waals surface area contributed by atoms with E-state index in [1.165, 1.54) is 18.5 Å². The van der Waals surface area contributed by atoms with Crippen LogP contribution in [-0.4, -0.2) is 10.8 Å². The molecule has 1 rings (SSSR count). The van der Waals surface area contributed by atoms with E-state index in [0.29, 0.717) is 5.76 Å². The third-order valence-corrected chi connectivity index (χ3v) is 1.38. The zero-order valence-electron chi connectivity index (χ0n) is 6.78. The number of allylic oxidation sites excluding steroid dienone is 3. The smallest absolute Gasteiger partial charge is 0.181 e. The Morgan fingerprint density at radius 2 is 2.50 bits per heavy atom. The largest absolute Gasteiger partial charge is 0.444 e. The van der Waals surface area contributed by atoms with E-state index in [0.717, 1.165) is 5.57 Å². The predicted molar refractivity (Wildman–Crippen MR) is 45.4 cm³/mol. The standard InChI is InChI=1S/C9H9NO2/c1-3-8(11)4-7(2)9-5-10-6-12-9/h3-6H,1H2,2H3/b7-4+. The molecular formula is C9H9NO2. The minimum absolute atomic E-state index is 0.135. The molecule has 0 unspecified atom stereocenters. The number of nitrogens with zero attached hydrogens (tertiary/aromatic N) is 1. The first-order chi connectivity index (χ1) is 5.74. The summed E-state index contributed by atoms with van der Waals surface area (Å²) in [6.07, 6.45) is 5.58. The number of hydrogen-bond acceptors (Lipinski definition) is 3. The highest BCUT2D eigenvalue weighted by atomic mass is 16.3. The van der Waals surface area contributed by atoms with E-state index >= 15 is 0 Å². The summed E-state index contributed by atoms with van der Waals surface area (Å²) >= 11 is 0. The Kier molecular flexibility index (Phi) is 2.58. The Bertz CT molecular complexity index is 309. The topological polar surface area (TPSA) is 43.1 Å². The third kappa shape index (κ3) is 1.92. The lowest BCUT2D eigenvalue weighted by Gasteiger charge is -1.91. The molecular weight excluding hydrogens is 154 g/mol. The summed E-state index contributed by atoms with van der Waals surface area (Å²) in [4.78, 5) is 14.6. The summed E-state index contributed by atoms with van der Waals surface area (Å²) in [5.74, 6) is 0.467. The van der Waals surface area contributed by atoms with Crippen LogP contribution in [0.4, 0.5) is 0 Å². The molecule has 0 spiro atoms. The van der Waals surface area contributed by atoms with Gasteiger partial charge in [-0.3, -0.25) is 4.79 Å². The van der Waals surface area contributed by atoms with E-state index in [1.807, 2.05) is 0 Å². The van der Waals surface area contributed by atoms with Gasteiger partial charge in [0.25, 0.3) is 0 Å².